The van der Waals surface area contributed by atoms with Gasteiger partial charge in [-0.05, 0) is 70.6 Å². The lowest BCUT2D eigenvalue weighted by Crippen LogP contribution is -2.46. The van der Waals surface area contributed by atoms with Crippen molar-refractivity contribution in [3.05, 3.63) is 72.9 Å². The van der Waals surface area contributed by atoms with Crippen LogP contribution in [-0.2, 0) is 14.9 Å². The van der Waals surface area contributed by atoms with Gasteiger partial charge in [-0.3, -0.25) is 9.35 Å². The average molecular weight is 662 g/mol. The first kappa shape index (κ1) is 43.8. The van der Waals surface area contributed by atoms with E-state index in [0.717, 1.165) is 77.0 Å². The van der Waals surface area contributed by atoms with E-state index in [-0.39, 0.29) is 12.3 Å². The fourth-order valence-electron chi connectivity index (χ4n) is 4.92. The van der Waals surface area contributed by atoms with E-state index in [1.165, 1.54) is 44.6 Å². The molecule has 0 aromatic rings. The molecule has 46 heavy (non-hydrogen) atoms. The van der Waals surface area contributed by atoms with Gasteiger partial charge >= 0.3 is 0 Å². The van der Waals surface area contributed by atoms with Crippen molar-refractivity contribution in [2.24, 2.45) is 0 Å². The van der Waals surface area contributed by atoms with Crippen molar-refractivity contribution >= 4 is 16.0 Å². The summed E-state index contributed by atoms with van der Waals surface area (Å²) in [6, 6.07) is -1.08. The zero-order valence-corrected chi connectivity index (χ0v) is 30.0. The molecule has 0 aliphatic carbocycles. The summed E-state index contributed by atoms with van der Waals surface area (Å²) in [6.45, 7) is 4.37. The predicted octanol–water partition coefficient (Wildman–Crippen LogP) is 10.3. The number of unbranched alkanes of at least 4 members (excludes halogenated alkanes) is 13. The molecule has 0 aliphatic heterocycles. The molecule has 0 saturated heterocycles. The first-order chi connectivity index (χ1) is 22.3. The standard InChI is InChI=1S/C39H67NO5S/c1-3-5-7-9-11-13-15-17-18-19-20-21-22-23-25-27-29-31-33-35-39(42)40-37(36-46(43,44)45)38(41)34-32-30-28-26-24-16-14-12-10-8-6-4-2/h5,7,11,13,17-18,20-21,24,26,32,34,37-38,41H,3-4,6,8-10,12,14-16,19,22-23,25,27-31,33,35-36H2,1-2H3,(H,40,42)(H,43,44,45)/b7-5-,13-11-,18-17-,21-20-,26-24+,34-32+. The van der Waals surface area contributed by atoms with Gasteiger partial charge in [0.05, 0.1) is 17.9 Å². The van der Waals surface area contributed by atoms with Gasteiger partial charge in [0.2, 0.25) is 5.91 Å². The SMILES string of the molecule is CC/C=C\C/C=C\C/C=C\C/C=C\CCCCCCCCC(=O)NC(CS(=O)(=O)O)C(O)/C=C/CC/C=C/CCCCCCCC. The Morgan fingerprint density at radius 2 is 1.07 bits per heavy atom. The van der Waals surface area contributed by atoms with Crippen molar-refractivity contribution in [1.29, 1.82) is 0 Å². The second-order valence-electron chi connectivity index (χ2n) is 12.1. The summed E-state index contributed by atoms with van der Waals surface area (Å²) in [4.78, 5) is 12.5. The highest BCUT2D eigenvalue weighted by Crippen LogP contribution is 2.11. The van der Waals surface area contributed by atoms with Crippen LogP contribution >= 0.6 is 0 Å². The fourth-order valence-corrected chi connectivity index (χ4v) is 5.66. The smallest absolute Gasteiger partial charge is 0.267 e. The van der Waals surface area contributed by atoms with E-state index in [2.05, 4.69) is 79.9 Å². The van der Waals surface area contributed by atoms with Crippen molar-refractivity contribution in [2.75, 3.05) is 5.75 Å². The maximum Gasteiger partial charge on any atom is 0.267 e. The zero-order valence-electron chi connectivity index (χ0n) is 29.2. The van der Waals surface area contributed by atoms with E-state index in [4.69, 9.17) is 0 Å². The summed E-state index contributed by atoms with van der Waals surface area (Å²) in [6.07, 6.45) is 46.0. The number of aliphatic hydroxyl groups excluding tert-OH is 1. The third-order valence-corrected chi connectivity index (χ3v) is 8.40. The molecule has 0 heterocycles. The Morgan fingerprint density at radius 3 is 1.63 bits per heavy atom. The summed E-state index contributed by atoms with van der Waals surface area (Å²) in [5.41, 5.74) is 0. The van der Waals surface area contributed by atoms with E-state index in [9.17, 15) is 22.9 Å². The molecule has 264 valence electrons. The number of nitrogens with one attached hydrogen (secondary N) is 1. The molecule has 0 aromatic heterocycles. The third-order valence-electron chi connectivity index (χ3n) is 7.62. The maximum atomic E-state index is 12.5. The minimum absolute atomic E-state index is 0.268. The lowest BCUT2D eigenvalue weighted by molar-refractivity contribution is -0.122. The van der Waals surface area contributed by atoms with Gasteiger partial charge in [0, 0.05) is 6.42 Å². The van der Waals surface area contributed by atoms with Gasteiger partial charge in [-0.1, -0.05) is 145 Å². The fraction of sp³-hybridized carbons (Fsp3) is 0.667. The number of hydrogen-bond donors (Lipinski definition) is 3. The molecule has 0 radical (unpaired) electrons. The molecule has 2 atom stereocenters. The molecule has 1 amide bonds. The van der Waals surface area contributed by atoms with Crippen molar-refractivity contribution in [1.82, 2.24) is 5.32 Å². The van der Waals surface area contributed by atoms with Crippen LogP contribution in [-0.4, -0.2) is 41.9 Å². The van der Waals surface area contributed by atoms with Crippen molar-refractivity contribution in [3.63, 3.8) is 0 Å². The van der Waals surface area contributed by atoms with E-state index in [1.807, 2.05) is 0 Å². The van der Waals surface area contributed by atoms with Crippen LogP contribution in [0.4, 0.5) is 0 Å². The normalized spacial score (nSPS) is 14.3. The Balaban J connectivity index is 4.06. The van der Waals surface area contributed by atoms with E-state index >= 15 is 0 Å². The minimum Gasteiger partial charge on any atom is -0.387 e. The van der Waals surface area contributed by atoms with Crippen LogP contribution in [0.15, 0.2) is 72.9 Å². The van der Waals surface area contributed by atoms with Gasteiger partial charge < -0.3 is 10.4 Å². The van der Waals surface area contributed by atoms with E-state index < -0.39 is 28.0 Å². The summed E-state index contributed by atoms with van der Waals surface area (Å²) in [5.74, 6) is -1.03. The van der Waals surface area contributed by atoms with Gasteiger partial charge in [-0.2, -0.15) is 8.42 Å². The number of aliphatic hydroxyl groups is 1. The summed E-state index contributed by atoms with van der Waals surface area (Å²) < 4.78 is 32.3. The topological polar surface area (TPSA) is 104 Å². The second-order valence-corrected chi connectivity index (χ2v) is 13.6. The average Bonchev–Trinajstić information content (AvgIpc) is 3.01. The molecular formula is C39H67NO5S. The summed E-state index contributed by atoms with van der Waals surface area (Å²) in [5, 5.41) is 13.1. The highest BCUT2D eigenvalue weighted by molar-refractivity contribution is 7.85. The van der Waals surface area contributed by atoms with Gasteiger partial charge in [0.15, 0.2) is 0 Å². The number of amides is 1. The number of hydrogen-bond acceptors (Lipinski definition) is 4. The molecule has 6 nitrogen and oxygen atoms in total. The highest BCUT2D eigenvalue weighted by Gasteiger charge is 2.24. The number of rotatable bonds is 31. The van der Waals surface area contributed by atoms with Crippen molar-refractivity contribution in [2.45, 2.75) is 161 Å². The zero-order chi connectivity index (χ0) is 34.0. The van der Waals surface area contributed by atoms with Crippen LogP contribution in [0.1, 0.15) is 149 Å². The molecule has 3 N–H and O–H groups in total. The molecule has 0 fully saturated rings. The molecule has 0 aliphatic rings. The van der Waals surface area contributed by atoms with Gasteiger partial charge in [-0.15, -0.1) is 0 Å². The van der Waals surface area contributed by atoms with Crippen LogP contribution in [0.3, 0.4) is 0 Å². The highest BCUT2D eigenvalue weighted by atomic mass is 32.2. The molecule has 0 saturated carbocycles. The minimum atomic E-state index is -4.36. The van der Waals surface area contributed by atoms with Gasteiger partial charge in [0.25, 0.3) is 10.1 Å². The van der Waals surface area contributed by atoms with E-state index in [0.29, 0.717) is 12.8 Å². The Kier molecular flexibility index (Phi) is 31.1. The Hall–Kier alpha value is -2.22. The summed E-state index contributed by atoms with van der Waals surface area (Å²) >= 11 is 0. The lowest BCUT2D eigenvalue weighted by Gasteiger charge is -2.21. The second kappa shape index (κ2) is 32.7. The van der Waals surface area contributed by atoms with Crippen LogP contribution in [0.25, 0.3) is 0 Å². The Morgan fingerprint density at radius 1 is 0.609 bits per heavy atom. The van der Waals surface area contributed by atoms with Crippen LogP contribution in [0, 0.1) is 0 Å². The predicted molar refractivity (Wildman–Crippen MR) is 197 cm³/mol. The molecule has 2 unspecified atom stereocenters. The molecule has 7 heteroatoms. The Labute approximate surface area is 283 Å². The number of carbonyl (C=O) groups excluding carboxylic acids is 1. The molecule has 0 aromatic carbocycles. The van der Waals surface area contributed by atoms with Crippen LogP contribution in [0.2, 0.25) is 0 Å². The largest absolute Gasteiger partial charge is 0.387 e. The quantitative estimate of drug-likeness (QED) is 0.0390. The van der Waals surface area contributed by atoms with Crippen LogP contribution < -0.4 is 5.32 Å². The van der Waals surface area contributed by atoms with Gasteiger partial charge in [0.1, 0.15) is 0 Å². The van der Waals surface area contributed by atoms with Crippen LogP contribution in [0.5, 0.6) is 0 Å². The first-order valence-corrected chi connectivity index (χ1v) is 19.7. The van der Waals surface area contributed by atoms with Gasteiger partial charge in [-0.25, -0.2) is 0 Å². The first-order valence-electron chi connectivity index (χ1n) is 18.1. The monoisotopic (exact) mass is 661 g/mol. The lowest BCUT2D eigenvalue weighted by atomic mass is 10.1. The molecular weight excluding hydrogens is 594 g/mol. The van der Waals surface area contributed by atoms with Crippen molar-refractivity contribution < 1.29 is 22.9 Å². The maximum absolute atomic E-state index is 12.5. The molecule has 0 rings (SSSR count). The summed E-state index contributed by atoms with van der Waals surface area (Å²) in [7, 11) is -4.36. The van der Waals surface area contributed by atoms with Crippen molar-refractivity contribution in [3.8, 4) is 0 Å². The van der Waals surface area contributed by atoms with E-state index in [1.54, 1.807) is 6.08 Å². The number of allylic oxidation sites excluding steroid dienone is 11. The third kappa shape index (κ3) is 33.2. The molecule has 0 bridgehead atoms. The molecule has 0 spiro atoms. The Bertz CT molecular complexity index is 994. The number of carbonyl (C=O) groups is 1.